The van der Waals surface area contributed by atoms with E-state index in [1.807, 2.05) is 0 Å². The summed E-state index contributed by atoms with van der Waals surface area (Å²) in [5.41, 5.74) is 0. The molecule has 1 N–H and O–H groups in total. The maximum absolute atomic E-state index is 12.8. The normalized spacial score (nSPS) is 11.9. The van der Waals surface area contributed by atoms with Crippen LogP contribution in [0.25, 0.3) is 0 Å². The minimum Gasteiger partial charge on any atom is -0.494 e. The fraction of sp³-hybridized carbons (Fsp3) is 0.600. The Balaban J connectivity index is 2.03. The molecule has 27 heavy (non-hydrogen) atoms. The second kappa shape index (κ2) is 13.1. The van der Waals surface area contributed by atoms with Gasteiger partial charge in [0.15, 0.2) is 12.7 Å². The van der Waals surface area contributed by atoms with Crippen LogP contribution >= 0.6 is 0 Å². The highest BCUT2D eigenvalue weighted by atomic mass is 19.1. The van der Waals surface area contributed by atoms with Gasteiger partial charge in [-0.15, -0.1) is 0 Å². The van der Waals surface area contributed by atoms with Gasteiger partial charge in [-0.25, -0.2) is 9.18 Å². The molecule has 1 rings (SSSR count). The van der Waals surface area contributed by atoms with Crippen molar-refractivity contribution in [2.75, 3.05) is 26.4 Å². The summed E-state index contributed by atoms with van der Waals surface area (Å²) in [4.78, 5) is 23.4. The van der Waals surface area contributed by atoms with Crippen LogP contribution in [0.4, 0.5) is 4.39 Å². The summed E-state index contributed by atoms with van der Waals surface area (Å²) >= 11 is 0. The molecule has 0 aliphatic heterocycles. The van der Waals surface area contributed by atoms with Gasteiger partial charge in [-0.3, -0.25) is 4.79 Å². The summed E-state index contributed by atoms with van der Waals surface area (Å²) in [5.74, 6) is -0.0850. The number of benzene rings is 1. The number of rotatable bonds is 13. The summed E-state index contributed by atoms with van der Waals surface area (Å²) in [6.45, 7) is 6.87. The predicted octanol–water partition coefficient (Wildman–Crippen LogP) is 3.10. The number of carbonyl (C=O) groups is 2. The van der Waals surface area contributed by atoms with Crippen LogP contribution in [0, 0.1) is 11.7 Å². The van der Waals surface area contributed by atoms with Crippen LogP contribution in [0.2, 0.25) is 0 Å². The van der Waals surface area contributed by atoms with Gasteiger partial charge in [0, 0.05) is 13.2 Å². The molecule has 6 nitrogen and oxygen atoms in total. The maximum Gasteiger partial charge on any atom is 0.335 e. The second-order valence-corrected chi connectivity index (χ2v) is 6.66. The van der Waals surface area contributed by atoms with Crippen molar-refractivity contribution in [3.63, 3.8) is 0 Å². The van der Waals surface area contributed by atoms with E-state index in [-0.39, 0.29) is 18.3 Å². The highest BCUT2D eigenvalue weighted by molar-refractivity contribution is 5.81. The van der Waals surface area contributed by atoms with Gasteiger partial charge in [0.05, 0.1) is 6.61 Å². The summed E-state index contributed by atoms with van der Waals surface area (Å²) < 4.78 is 28.5. The Morgan fingerprint density at radius 2 is 1.78 bits per heavy atom. The van der Waals surface area contributed by atoms with Gasteiger partial charge in [0.1, 0.15) is 11.6 Å². The van der Waals surface area contributed by atoms with E-state index >= 15 is 0 Å². The standard InChI is InChI=1S/C20H30FNO5/c1-15(2)10-13-25-16(3)20(24)27-14-19(23)22-11-4-5-12-26-18-8-6-17(21)7-9-18/h6-9,15-16H,4-5,10-14H2,1-3H3,(H,22,23). The highest BCUT2D eigenvalue weighted by Crippen LogP contribution is 2.11. The van der Waals surface area contributed by atoms with E-state index in [0.717, 1.165) is 19.3 Å². The van der Waals surface area contributed by atoms with E-state index in [4.69, 9.17) is 14.2 Å². The number of hydrogen-bond acceptors (Lipinski definition) is 5. The fourth-order valence-corrected chi connectivity index (χ4v) is 2.03. The second-order valence-electron chi connectivity index (χ2n) is 6.66. The number of hydrogen-bond donors (Lipinski definition) is 1. The third-order valence-corrected chi connectivity index (χ3v) is 3.72. The van der Waals surface area contributed by atoms with Crippen LogP contribution in [-0.4, -0.2) is 44.3 Å². The van der Waals surface area contributed by atoms with E-state index < -0.39 is 12.1 Å². The van der Waals surface area contributed by atoms with Crippen LogP contribution in [0.5, 0.6) is 5.75 Å². The molecule has 1 aromatic carbocycles. The summed E-state index contributed by atoms with van der Waals surface area (Å²) in [5, 5.41) is 2.68. The van der Waals surface area contributed by atoms with Crippen LogP contribution < -0.4 is 10.1 Å². The first-order valence-corrected chi connectivity index (χ1v) is 9.31. The maximum atomic E-state index is 12.8. The van der Waals surface area contributed by atoms with Gasteiger partial charge in [-0.2, -0.15) is 0 Å². The largest absolute Gasteiger partial charge is 0.494 e. The third kappa shape index (κ3) is 11.2. The molecule has 0 aliphatic rings. The first-order valence-electron chi connectivity index (χ1n) is 9.31. The van der Waals surface area contributed by atoms with Gasteiger partial charge in [-0.05, 0) is 56.4 Å². The SMILES string of the molecule is CC(C)CCOC(C)C(=O)OCC(=O)NCCCCOc1ccc(F)cc1. The van der Waals surface area contributed by atoms with Crippen molar-refractivity contribution in [2.24, 2.45) is 5.92 Å². The van der Waals surface area contributed by atoms with Gasteiger partial charge >= 0.3 is 5.97 Å². The summed E-state index contributed by atoms with van der Waals surface area (Å²) in [7, 11) is 0. The number of halogens is 1. The lowest BCUT2D eigenvalue weighted by Gasteiger charge is -2.13. The average Bonchev–Trinajstić information content (AvgIpc) is 2.63. The Morgan fingerprint density at radius 3 is 2.44 bits per heavy atom. The fourth-order valence-electron chi connectivity index (χ4n) is 2.03. The van der Waals surface area contributed by atoms with Crippen molar-refractivity contribution < 1.29 is 28.2 Å². The van der Waals surface area contributed by atoms with E-state index in [0.29, 0.717) is 31.4 Å². The van der Waals surface area contributed by atoms with Crippen molar-refractivity contribution in [3.05, 3.63) is 30.1 Å². The van der Waals surface area contributed by atoms with Crippen molar-refractivity contribution in [1.29, 1.82) is 0 Å². The van der Waals surface area contributed by atoms with Gasteiger partial charge < -0.3 is 19.5 Å². The lowest BCUT2D eigenvalue weighted by atomic mass is 10.1. The Bertz CT molecular complexity index is 562. The summed E-state index contributed by atoms with van der Waals surface area (Å²) in [6, 6.07) is 5.82. The number of nitrogens with one attached hydrogen (secondary N) is 1. The average molecular weight is 383 g/mol. The molecule has 0 aliphatic carbocycles. The molecule has 1 unspecified atom stereocenters. The zero-order valence-corrected chi connectivity index (χ0v) is 16.3. The van der Waals surface area contributed by atoms with Crippen molar-refractivity contribution in [3.8, 4) is 5.75 Å². The minimum absolute atomic E-state index is 0.303. The Kier molecular flexibility index (Phi) is 11.1. The predicted molar refractivity (Wildman–Crippen MR) is 100.0 cm³/mol. The topological polar surface area (TPSA) is 73.9 Å². The van der Waals surface area contributed by atoms with Crippen LogP contribution in [0.3, 0.4) is 0 Å². The number of ether oxygens (including phenoxy) is 3. The van der Waals surface area contributed by atoms with E-state index in [9.17, 15) is 14.0 Å². The zero-order valence-electron chi connectivity index (χ0n) is 16.3. The van der Waals surface area contributed by atoms with Gasteiger partial charge in [0.25, 0.3) is 5.91 Å². The van der Waals surface area contributed by atoms with Crippen molar-refractivity contribution in [2.45, 2.75) is 46.1 Å². The molecular weight excluding hydrogens is 353 g/mol. The smallest absolute Gasteiger partial charge is 0.335 e. The molecule has 0 spiro atoms. The monoisotopic (exact) mass is 383 g/mol. The molecule has 7 heteroatoms. The molecular formula is C20H30FNO5. The van der Waals surface area contributed by atoms with Crippen LogP contribution in [-0.2, 0) is 19.1 Å². The molecule has 0 fully saturated rings. The zero-order chi connectivity index (χ0) is 20.1. The first-order chi connectivity index (χ1) is 12.9. The number of esters is 1. The van der Waals surface area contributed by atoms with Crippen LogP contribution in [0.1, 0.15) is 40.0 Å². The molecule has 1 atom stereocenters. The van der Waals surface area contributed by atoms with Gasteiger partial charge in [-0.1, -0.05) is 13.8 Å². The molecule has 0 aromatic heterocycles. The Morgan fingerprint density at radius 1 is 1.07 bits per heavy atom. The van der Waals surface area contributed by atoms with E-state index in [2.05, 4.69) is 19.2 Å². The van der Waals surface area contributed by atoms with E-state index in [1.165, 1.54) is 12.1 Å². The lowest BCUT2D eigenvalue weighted by Crippen LogP contribution is -2.32. The molecule has 0 bridgehead atoms. The number of amides is 1. The minimum atomic E-state index is -0.680. The molecule has 0 saturated heterocycles. The molecule has 1 aromatic rings. The Hall–Kier alpha value is -2.15. The van der Waals surface area contributed by atoms with Crippen molar-refractivity contribution >= 4 is 11.9 Å². The van der Waals surface area contributed by atoms with E-state index in [1.54, 1.807) is 19.1 Å². The molecule has 0 radical (unpaired) electrons. The van der Waals surface area contributed by atoms with Gasteiger partial charge in [0.2, 0.25) is 0 Å². The molecule has 0 heterocycles. The Labute approximate surface area is 160 Å². The molecule has 1 amide bonds. The first kappa shape index (κ1) is 22.9. The molecule has 0 saturated carbocycles. The lowest BCUT2D eigenvalue weighted by molar-refractivity contribution is -0.159. The summed E-state index contributed by atoms with van der Waals surface area (Å²) in [6.07, 6.45) is 1.64. The number of carbonyl (C=O) groups excluding carboxylic acids is 2. The van der Waals surface area contributed by atoms with Crippen molar-refractivity contribution in [1.82, 2.24) is 5.32 Å². The third-order valence-electron chi connectivity index (χ3n) is 3.72. The van der Waals surface area contributed by atoms with Crippen LogP contribution in [0.15, 0.2) is 24.3 Å². The number of unbranched alkanes of at least 4 members (excludes halogenated alkanes) is 1. The molecule has 152 valence electrons. The highest BCUT2D eigenvalue weighted by Gasteiger charge is 2.16. The quantitative estimate of drug-likeness (QED) is 0.419.